The van der Waals surface area contributed by atoms with Gasteiger partial charge in [-0.15, -0.1) is 11.5 Å². The van der Waals surface area contributed by atoms with Crippen molar-refractivity contribution < 1.29 is 26.7 Å². The fourth-order valence-electron chi connectivity index (χ4n) is 6.27. The molecule has 1 aliphatic carbocycles. The van der Waals surface area contributed by atoms with Gasteiger partial charge in [0.05, 0.1) is 22.8 Å². The Hall–Kier alpha value is -3.73. The fraction of sp³-hybridized carbons (Fsp3) is 0.286. The minimum absolute atomic E-state index is 0. The number of aryl methyl sites for hydroxylation is 4. The van der Waals surface area contributed by atoms with Crippen LogP contribution in [0.25, 0.3) is 10.8 Å². The van der Waals surface area contributed by atoms with Crippen LogP contribution in [0.5, 0.6) is 11.5 Å². The second-order valence-electron chi connectivity index (χ2n) is 14.6. The van der Waals surface area contributed by atoms with Gasteiger partial charge < -0.3 is 10.2 Å². The first-order valence-corrected chi connectivity index (χ1v) is 16.8. The van der Waals surface area contributed by atoms with E-state index in [-0.39, 0.29) is 38.8 Å². The molecule has 0 saturated heterocycles. The molecule has 0 heterocycles. The van der Waals surface area contributed by atoms with Gasteiger partial charge in [-0.25, -0.2) is 9.98 Å². The Kier molecular flexibility index (Phi) is 10.8. The quantitative estimate of drug-likeness (QED) is 0.169. The van der Waals surface area contributed by atoms with E-state index in [1.165, 1.54) is 33.0 Å². The van der Waals surface area contributed by atoms with Crippen LogP contribution in [-0.2, 0) is 27.3 Å². The first kappa shape index (κ1) is 37.1. The summed E-state index contributed by atoms with van der Waals surface area (Å²) >= 11 is 3.42. The zero-order valence-corrected chi connectivity index (χ0v) is 32.0. The molecule has 0 unspecified atom stereocenters. The summed E-state index contributed by atoms with van der Waals surface area (Å²) < 4.78 is 0.736. The van der Waals surface area contributed by atoms with E-state index in [9.17, 15) is 10.2 Å². The molecule has 250 valence electrons. The van der Waals surface area contributed by atoms with Gasteiger partial charge in [-0.2, -0.15) is 0 Å². The molecule has 0 bridgehead atoms. The van der Waals surface area contributed by atoms with E-state index in [1.54, 1.807) is 6.07 Å². The first-order chi connectivity index (χ1) is 22.0. The zero-order valence-electron chi connectivity index (χ0n) is 29.4. The predicted octanol–water partition coefficient (Wildman–Crippen LogP) is 10.5. The van der Waals surface area contributed by atoms with Gasteiger partial charge in [0.1, 0.15) is 0 Å². The summed E-state index contributed by atoms with van der Waals surface area (Å²) in [5.41, 5.74) is 11.5. The number of benzene rings is 5. The standard InChI is InChI=1S/C28H24N2.C14H21BrO2.Ni/c1-17-9-5-10-18(2)25(17)29-27-22-15-7-13-21-14-8-16-23(24(21)22)28(27)30-26-19(3)11-6-12-20(26)4;1-13(2,3)8-7-9(15)10(14(4,5)6)12(17)11(8)16;/h5-16H,1-4H3;7,16-17H,1-6H3;/q;;+2/p-2. The summed E-state index contributed by atoms with van der Waals surface area (Å²) in [5, 5.41) is 26.7. The smallest absolute Gasteiger partial charge is 0.873 e. The molecular weight excluding hydrogens is 703 g/mol. The van der Waals surface area contributed by atoms with Crippen LogP contribution < -0.4 is 10.2 Å². The third kappa shape index (κ3) is 7.16. The van der Waals surface area contributed by atoms with Crippen LogP contribution in [0.3, 0.4) is 0 Å². The third-order valence-corrected chi connectivity index (χ3v) is 9.34. The molecule has 4 nitrogen and oxygen atoms in total. The number of hydrogen-bond donors (Lipinski definition) is 0. The molecule has 0 spiro atoms. The van der Waals surface area contributed by atoms with E-state index in [1.807, 2.05) is 41.5 Å². The average Bonchev–Trinajstić information content (AvgIpc) is 3.27. The zero-order chi connectivity index (χ0) is 34.4. The number of nitrogens with zero attached hydrogens (tertiary/aromatic N) is 2. The molecule has 5 aromatic carbocycles. The minimum atomic E-state index is -0.378. The molecule has 0 aromatic heterocycles. The Morgan fingerprint density at radius 2 is 0.958 bits per heavy atom. The van der Waals surface area contributed by atoms with Crippen LogP contribution in [-0.4, -0.2) is 11.4 Å². The molecule has 0 N–H and O–H groups in total. The molecule has 0 saturated carbocycles. The second-order valence-corrected chi connectivity index (χ2v) is 15.4. The van der Waals surface area contributed by atoms with Crippen molar-refractivity contribution in [2.24, 2.45) is 9.98 Å². The van der Waals surface area contributed by atoms with Gasteiger partial charge in [-0.05, 0) is 83.4 Å². The van der Waals surface area contributed by atoms with Crippen molar-refractivity contribution in [1.82, 2.24) is 0 Å². The maximum Gasteiger partial charge on any atom is 2.00 e. The molecule has 0 aliphatic heterocycles. The first-order valence-electron chi connectivity index (χ1n) is 16.0. The van der Waals surface area contributed by atoms with Crippen molar-refractivity contribution in [2.45, 2.75) is 80.1 Å². The molecule has 6 rings (SSSR count). The SMILES string of the molecule is CC(C)(C)c1cc(Br)c(C(C)(C)C)c([O-])c1[O-].Cc1cccc(C)c1N=C1C(=Nc2c(C)cccc2C)c2cccc3cccc1c23.[Ni+2]. The Morgan fingerprint density at radius 1 is 0.562 bits per heavy atom. The van der Waals surface area contributed by atoms with Gasteiger partial charge in [0.25, 0.3) is 0 Å². The third-order valence-electron chi connectivity index (χ3n) is 8.71. The van der Waals surface area contributed by atoms with E-state index in [0.717, 1.165) is 38.4 Å². The van der Waals surface area contributed by atoms with Crippen molar-refractivity contribution in [2.75, 3.05) is 0 Å². The van der Waals surface area contributed by atoms with Crippen molar-refractivity contribution in [3.05, 3.63) is 128 Å². The number of hydrogen-bond acceptors (Lipinski definition) is 4. The van der Waals surface area contributed by atoms with Crippen LogP contribution in [0.2, 0.25) is 0 Å². The maximum atomic E-state index is 12.2. The van der Waals surface area contributed by atoms with Gasteiger partial charge in [-0.1, -0.05) is 130 Å². The average molecular weight is 746 g/mol. The van der Waals surface area contributed by atoms with Crippen molar-refractivity contribution >= 4 is 49.5 Å². The van der Waals surface area contributed by atoms with Gasteiger partial charge in [0.15, 0.2) is 0 Å². The molecule has 0 amide bonds. The maximum absolute atomic E-state index is 12.2. The van der Waals surface area contributed by atoms with Crippen LogP contribution in [0.4, 0.5) is 11.4 Å². The number of aliphatic imine (C=N–C) groups is 2. The van der Waals surface area contributed by atoms with E-state index < -0.39 is 0 Å². The van der Waals surface area contributed by atoms with Crippen LogP contribution in [0.15, 0.2) is 93.3 Å². The van der Waals surface area contributed by atoms with Crippen LogP contribution in [0, 0.1) is 27.7 Å². The van der Waals surface area contributed by atoms with E-state index in [2.05, 4.69) is 116 Å². The van der Waals surface area contributed by atoms with Crippen LogP contribution >= 0.6 is 15.9 Å². The Balaban J connectivity index is 0.000000249. The summed E-state index contributed by atoms with van der Waals surface area (Å²) in [7, 11) is 0. The molecule has 1 aliphatic rings. The molecule has 5 aromatic rings. The summed E-state index contributed by atoms with van der Waals surface area (Å²) in [6.45, 7) is 20.1. The van der Waals surface area contributed by atoms with Crippen LogP contribution in [0.1, 0.15) is 86.1 Å². The molecule has 0 radical (unpaired) electrons. The van der Waals surface area contributed by atoms with E-state index in [0.29, 0.717) is 11.1 Å². The van der Waals surface area contributed by atoms with Crippen molar-refractivity contribution in [3.8, 4) is 11.5 Å². The molecule has 0 atom stereocenters. The molecule has 48 heavy (non-hydrogen) atoms. The Labute approximate surface area is 304 Å². The van der Waals surface area contributed by atoms with Crippen molar-refractivity contribution in [3.63, 3.8) is 0 Å². The minimum Gasteiger partial charge on any atom is -0.873 e. The second kappa shape index (κ2) is 14.0. The molecule has 6 heteroatoms. The largest absolute Gasteiger partial charge is 2.00 e. The monoisotopic (exact) mass is 744 g/mol. The van der Waals surface area contributed by atoms with E-state index in [4.69, 9.17) is 9.98 Å². The predicted molar refractivity (Wildman–Crippen MR) is 199 cm³/mol. The summed E-state index contributed by atoms with van der Waals surface area (Å²) in [6.07, 6.45) is 0. The summed E-state index contributed by atoms with van der Waals surface area (Å²) in [6, 6.07) is 27.4. The number of halogens is 1. The van der Waals surface area contributed by atoms with E-state index >= 15 is 0 Å². The number of rotatable bonds is 2. The topological polar surface area (TPSA) is 70.8 Å². The molecule has 0 fully saturated rings. The summed E-state index contributed by atoms with van der Waals surface area (Å²) in [4.78, 5) is 10.4. The fourth-order valence-corrected chi connectivity index (χ4v) is 7.27. The number of para-hydroxylation sites is 2. The Bertz CT molecular complexity index is 1940. The normalized spacial score (nSPS) is 14.2. The Morgan fingerprint density at radius 3 is 1.33 bits per heavy atom. The van der Waals surface area contributed by atoms with Crippen molar-refractivity contribution in [1.29, 1.82) is 0 Å². The summed E-state index contributed by atoms with van der Waals surface area (Å²) in [5.74, 6) is -0.748. The molecular formula is C42H43BrN2NiO2. The van der Waals surface area contributed by atoms with Gasteiger partial charge >= 0.3 is 16.5 Å². The van der Waals surface area contributed by atoms with Gasteiger partial charge in [0.2, 0.25) is 0 Å². The van der Waals surface area contributed by atoms with Gasteiger partial charge in [-0.3, -0.25) is 0 Å². The van der Waals surface area contributed by atoms with Gasteiger partial charge in [0, 0.05) is 21.0 Å².